The van der Waals surface area contributed by atoms with Crippen molar-refractivity contribution >= 4 is 69.6 Å². The molecule has 43 heteroatoms. The number of ether oxygens (including phenoxy) is 5. The summed E-state index contributed by atoms with van der Waals surface area (Å²) in [4.78, 5) is 76.8. The number of aliphatic hydroxyl groups is 2. The number of carbonyl (C=O) groups excluding carboxylic acids is 3. The van der Waals surface area contributed by atoms with Crippen LogP contribution in [0.2, 0.25) is 15.1 Å². The van der Waals surface area contributed by atoms with Crippen molar-refractivity contribution in [2.24, 2.45) is 0 Å². The van der Waals surface area contributed by atoms with E-state index in [-0.39, 0.29) is 79.3 Å². The van der Waals surface area contributed by atoms with Gasteiger partial charge >= 0.3 is 35.6 Å². The van der Waals surface area contributed by atoms with Gasteiger partial charge in [0.05, 0.1) is 48.8 Å². The lowest BCUT2D eigenvalue weighted by molar-refractivity contribution is -0.190. The van der Waals surface area contributed by atoms with E-state index in [2.05, 4.69) is 31.2 Å². The predicted octanol–water partition coefficient (Wildman–Crippen LogP) is 15.0. The normalized spacial score (nSPS) is 13.7. The Balaban J connectivity index is 0.000000266. The van der Waals surface area contributed by atoms with Gasteiger partial charge in [0.15, 0.2) is 42.1 Å². The summed E-state index contributed by atoms with van der Waals surface area (Å²) >= 11 is 17.6. The number of aromatic nitrogens is 9. The van der Waals surface area contributed by atoms with Crippen LogP contribution in [0.1, 0.15) is 124 Å². The third kappa shape index (κ3) is 21.5. The molecule has 5 N–H and O–H groups in total. The minimum absolute atomic E-state index is 0. The Kier molecular flexibility index (Phi) is 31.1. The number of nitrogens with one attached hydrogen (secondary N) is 3. The highest BCUT2D eigenvalue weighted by Gasteiger charge is 2.42. The zero-order valence-electron chi connectivity index (χ0n) is 58.3. The first-order chi connectivity index (χ1) is 52.2. The van der Waals surface area contributed by atoms with Crippen molar-refractivity contribution in [2.75, 3.05) is 22.6 Å². The van der Waals surface area contributed by atoms with E-state index in [4.69, 9.17) is 58.5 Å². The van der Waals surface area contributed by atoms with E-state index < -0.39 is 188 Å². The van der Waals surface area contributed by atoms with Gasteiger partial charge in [0.25, 0.3) is 17.7 Å². The van der Waals surface area contributed by atoms with Crippen LogP contribution in [-0.4, -0.2) is 121 Å². The number of carbonyl (C=O) groups is 3. The number of nitrogens with zero attached hydrogens (tertiary/aromatic N) is 9. The largest absolute Gasteiger partial charge is 0.480 e. The molecule has 1 fully saturated rings. The maximum atomic E-state index is 15.4. The van der Waals surface area contributed by atoms with E-state index in [1.54, 1.807) is 13.8 Å². The highest BCUT2D eigenvalue weighted by atomic mass is 35.5. The van der Waals surface area contributed by atoms with Crippen LogP contribution in [0.5, 0.6) is 17.2 Å². The second kappa shape index (κ2) is 38.4. The Hall–Kier alpha value is -10.4. The first-order valence-electron chi connectivity index (χ1n) is 32.7. The predicted molar refractivity (Wildman–Crippen MR) is 381 cm³/mol. The summed E-state index contributed by atoms with van der Waals surface area (Å²) in [7, 11) is 0. The van der Waals surface area contributed by atoms with Crippen molar-refractivity contribution in [3.63, 3.8) is 0 Å². The van der Waals surface area contributed by atoms with Gasteiger partial charge in [-0.25, -0.2) is 40.7 Å². The van der Waals surface area contributed by atoms with E-state index in [0.717, 1.165) is 46.2 Å². The Labute approximate surface area is 645 Å². The summed E-state index contributed by atoms with van der Waals surface area (Å²) in [5.41, 5.74) is -8.03. The van der Waals surface area contributed by atoms with Crippen LogP contribution in [-0.2, 0) is 48.9 Å². The second-order valence-electron chi connectivity index (χ2n) is 23.4. The fourth-order valence-corrected chi connectivity index (χ4v) is 10.8. The fraction of sp³-hybridized carbons (Fsp3) is 0.357. The molecular formula is C70H70Cl3F15N12O13. The monoisotopic (exact) mass is 1680 g/mol. The van der Waals surface area contributed by atoms with Gasteiger partial charge in [-0.15, -0.1) is 15.3 Å². The van der Waals surface area contributed by atoms with E-state index in [1.165, 1.54) is 47.9 Å². The summed E-state index contributed by atoms with van der Waals surface area (Å²) in [6.07, 6.45) is -20.4. The minimum atomic E-state index is -4.96. The molecule has 113 heavy (non-hydrogen) atoms. The Morgan fingerprint density at radius 2 is 0.832 bits per heavy atom. The zero-order valence-corrected chi connectivity index (χ0v) is 60.5. The number of rotatable bonds is 23. The molecule has 4 atom stereocenters. The van der Waals surface area contributed by atoms with E-state index in [0.29, 0.717) is 78.2 Å². The fourth-order valence-electron chi connectivity index (χ4n) is 10.2. The first kappa shape index (κ1) is 91.5. The summed E-state index contributed by atoms with van der Waals surface area (Å²) in [5.74, 6) is -12.5. The molecule has 6 aromatic carbocycles. The molecule has 1 unspecified atom stereocenters. The van der Waals surface area contributed by atoms with Gasteiger partial charge in [-0.3, -0.25) is 28.1 Å². The molecule has 0 aliphatic carbocycles. The molecular weight excluding hydrogens is 1610 g/mol. The Morgan fingerprint density at radius 3 is 1.19 bits per heavy atom. The van der Waals surface area contributed by atoms with Crippen LogP contribution in [0, 0.1) is 34.9 Å². The number of hydrogen-bond donors (Lipinski definition) is 5. The highest BCUT2D eigenvalue weighted by Crippen LogP contribution is 2.39. The molecule has 1 aliphatic heterocycles. The van der Waals surface area contributed by atoms with Crippen molar-refractivity contribution in [3.8, 4) is 34.3 Å². The number of aliphatic hydroxyl groups excluding tert-OH is 2. The number of para-hydroxylation sites is 3. The SMILES string of the molecule is C.C.CCn1c(CO)nn(-c2cc(F)c(C(=O)Nc3c(F)cccc3Cl)cc2F)c1=O.CCn1c(CO)nn(-c2cc(O[C@@H](C)C(F)(F)F)c(C(=O)Nc3c(F)cccc3Cl)cc2O[C@@H](C)C(F)(F)F)c1=O.CCn1c(COC2CCCCO2)nn(-c2cc(O[C@@H](C)C(F)(F)F)c(C(=O)Nc3c(F)cccc3Cl)cc2F)c1=O. The maximum Gasteiger partial charge on any atom is 0.425 e. The maximum absolute atomic E-state index is 15.4. The molecule has 1 saturated heterocycles. The highest BCUT2D eigenvalue weighted by molar-refractivity contribution is 6.35. The molecule has 614 valence electrons. The van der Waals surface area contributed by atoms with Crippen molar-refractivity contribution in [1.82, 2.24) is 43.0 Å². The molecule has 25 nitrogen and oxygen atoms in total. The van der Waals surface area contributed by atoms with Crippen LogP contribution in [0.3, 0.4) is 0 Å². The van der Waals surface area contributed by atoms with Gasteiger partial charge in [-0.1, -0.05) is 67.9 Å². The average molecular weight is 1680 g/mol. The van der Waals surface area contributed by atoms with E-state index >= 15 is 4.39 Å². The number of alkyl halides is 9. The molecule has 0 bridgehead atoms. The number of benzene rings is 6. The summed E-state index contributed by atoms with van der Waals surface area (Å²) < 4.78 is 238. The van der Waals surface area contributed by atoms with Gasteiger partial charge in [0.2, 0.25) is 0 Å². The molecule has 3 aromatic heterocycles. The topological polar surface area (TPSA) is 293 Å². The number of hydrogen-bond acceptors (Lipinski definition) is 16. The van der Waals surface area contributed by atoms with Crippen LogP contribution in [0.4, 0.5) is 82.9 Å². The van der Waals surface area contributed by atoms with Crippen molar-refractivity contribution in [2.45, 2.75) is 158 Å². The smallest absolute Gasteiger partial charge is 0.425 e. The van der Waals surface area contributed by atoms with Gasteiger partial charge in [0.1, 0.15) is 89.0 Å². The van der Waals surface area contributed by atoms with Crippen LogP contribution in [0.25, 0.3) is 17.1 Å². The van der Waals surface area contributed by atoms with Gasteiger partial charge in [0, 0.05) is 44.4 Å². The van der Waals surface area contributed by atoms with Crippen molar-refractivity contribution < 1.29 is 114 Å². The molecule has 1 aliphatic rings. The van der Waals surface area contributed by atoms with E-state index in [9.17, 15) is 100 Å². The minimum Gasteiger partial charge on any atom is -0.480 e. The number of amides is 3. The van der Waals surface area contributed by atoms with Crippen molar-refractivity contribution in [3.05, 3.63) is 207 Å². The quantitative estimate of drug-likeness (QED) is 0.0372. The first-order valence-corrected chi connectivity index (χ1v) is 33.8. The molecule has 9 aromatic rings. The summed E-state index contributed by atoms with van der Waals surface area (Å²) in [6, 6.07) is 14.3. The molecule has 0 spiro atoms. The summed E-state index contributed by atoms with van der Waals surface area (Å²) in [5, 5.41) is 36.2. The Bertz CT molecular complexity index is 5040. The van der Waals surface area contributed by atoms with Crippen LogP contribution < -0.4 is 47.2 Å². The lowest BCUT2D eigenvalue weighted by Gasteiger charge is -2.23. The molecule has 4 heterocycles. The lowest BCUT2D eigenvalue weighted by Crippen LogP contribution is -2.33. The van der Waals surface area contributed by atoms with Gasteiger partial charge in [-0.2, -0.15) is 53.6 Å². The Morgan fingerprint density at radius 1 is 0.487 bits per heavy atom. The van der Waals surface area contributed by atoms with Crippen molar-refractivity contribution in [1.29, 1.82) is 0 Å². The third-order valence-corrected chi connectivity index (χ3v) is 17.0. The van der Waals surface area contributed by atoms with Crippen LogP contribution >= 0.6 is 34.8 Å². The number of anilines is 3. The van der Waals surface area contributed by atoms with Gasteiger partial charge in [-0.05, 0) is 115 Å². The second-order valence-corrected chi connectivity index (χ2v) is 24.7. The lowest BCUT2D eigenvalue weighted by atomic mass is 10.1. The van der Waals surface area contributed by atoms with Crippen LogP contribution in [0.15, 0.2) is 105 Å². The molecule has 0 radical (unpaired) electrons. The molecule has 3 amide bonds. The average Bonchev–Trinajstić information content (AvgIpc) is 1.70. The molecule has 0 saturated carbocycles. The third-order valence-electron chi connectivity index (χ3n) is 16.0. The summed E-state index contributed by atoms with van der Waals surface area (Å²) in [6.45, 7) is 5.89. The number of halogens is 18. The standard InChI is InChI=1S/C26H26ClF5N4O5.C24H22ClF7N4O5.C18H14ClF3N4O3.2CH4/c1-3-35-21(13-40-22-9-4-5-10-39-22)34-36(25(35)38)19-12-20(41-14(2)26(30,31)32)15(11-18(19)29)24(37)33-23-16(27)7-6-8-17(23)28;1-4-35-19(10-37)34-36(22(35)39)16-9-17(40-11(2)23(27,28)29)13(8-18(16)41-12(3)24(30,31)32)21(38)33-20-14(25)6-5-7-15(20)26;1-2-25-15(8-27)24-26(18(25)29)14-7-12(21)9(6-13(14)22)17(28)23-16-10(19)4-3-5-11(16)20;;/h6-8,11-12,14,22H,3-5,9-10,13H2,1-2H3,(H,33,37);5-9,11-12,37H,4,10H2,1-3H3,(H,33,38);3-7,27H,2,8H2,1H3,(H,23,28);2*1H4/t14-,22?;11-,12-;;;/m00.../s1. The van der Waals surface area contributed by atoms with Gasteiger partial charge < -0.3 is 49.8 Å². The van der Waals surface area contributed by atoms with E-state index in [1.807, 2.05) is 0 Å². The molecule has 10 rings (SSSR count). The zero-order chi connectivity index (χ0) is 82.0.